The highest BCUT2D eigenvalue weighted by Gasteiger charge is 2.12. The van der Waals surface area contributed by atoms with E-state index in [1.165, 1.54) is 0 Å². The third-order valence-corrected chi connectivity index (χ3v) is 4.18. The Morgan fingerprint density at radius 2 is 2.10 bits per heavy atom. The molecule has 21 heavy (non-hydrogen) atoms. The predicted molar refractivity (Wildman–Crippen MR) is 87.9 cm³/mol. The number of rotatable bonds is 6. The summed E-state index contributed by atoms with van der Waals surface area (Å²) >= 11 is 1.74. The van der Waals surface area contributed by atoms with Gasteiger partial charge in [0, 0.05) is 11.3 Å². The number of nitrogens with one attached hydrogen (secondary N) is 1. The van der Waals surface area contributed by atoms with Crippen LogP contribution in [-0.2, 0) is 6.42 Å². The second-order valence-electron chi connectivity index (χ2n) is 4.67. The van der Waals surface area contributed by atoms with Gasteiger partial charge in [0.25, 0.3) is 5.91 Å². The molecule has 1 amide bonds. The van der Waals surface area contributed by atoms with E-state index in [0.717, 1.165) is 29.3 Å². The molecule has 1 aromatic carbocycles. The van der Waals surface area contributed by atoms with Gasteiger partial charge in [0.2, 0.25) is 0 Å². The average Bonchev–Trinajstić information content (AvgIpc) is 2.97. The minimum Gasteiger partial charge on any atom is -0.456 e. The molecule has 0 radical (unpaired) electrons. The van der Waals surface area contributed by atoms with Crippen LogP contribution in [-0.4, -0.2) is 11.7 Å². The van der Waals surface area contributed by atoms with Gasteiger partial charge in [-0.1, -0.05) is 13.8 Å². The minimum atomic E-state index is -0.279. The first-order chi connectivity index (χ1) is 10.1. The Bertz CT molecular complexity index is 622. The summed E-state index contributed by atoms with van der Waals surface area (Å²) in [6.45, 7) is 4.11. The summed E-state index contributed by atoms with van der Waals surface area (Å²) in [6, 6.07) is 9.17. The molecular formula is C16H20N2O2S. The summed E-state index contributed by atoms with van der Waals surface area (Å²) in [5.41, 5.74) is 7.09. The Balaban J connectivity index is 2.12. The van der Waals surface area contributed by atoms with E-state index < -0.39 is 0 Å². The van der Waals surface area contributed by atoms with Gasteiger partial charge in [-0.15, -0.1) is 11.8 Å². The first-order valence-electron chi connectivity index (χ1n) is 7.06. The van der Waals surface area contributed by atoms with Gasteiger partial charge in [-0.25, -0.2) is 0 Å². The van der Waals surface area contributed by atoms with Crippen molar-refractivity contribution in [1.82, 2.24) is 0 Å². The highest BCUT2D eigenvalue weighted by atomic mass is 32.2. The van der Waals surface area contributed by atoms with E-state index in [9.17, 15) is 4.79 Å². The zero-order valence-electron chi connectivity index (χ0n) is 12.3. The molecule has 0 aliphatic carbocycles. The molecule has 0 aliphatic rings. The zero-order valence-corrected chi connectivity index (χ0v) is 13.1. The van der Waals surface area contributed by atoms with Crippen LogP contribution in [0, 0.1) is 0 Å². The van der Waals surface area contributed by atoms with E-state index in [4.69, 9.17) is 10.2 Å². The van der Waals surface area contributed by atoms with Crippen LogP contribution in [0.25, 0.3) is 0 Å². The maximum Gasteiger partial charge on any atom is 0.291 e. The number of aryl methyl sites for hydroxylation is 1. The Labute approximate surface area is 129 Å². The number of amides is 1. The lowest BCUT2D eigenvalue weighted by Gasteiger charge is -2.09. The Kier molecular flexibility index (Phi) is 5.33. The summed E-state index contributed by atoms with van der Waals surface area (Å²) in [5, 5.41) is 2.81. The van der Waals surface area contributed by atoms with Gasteiger partial charge < -0.3 is 15.5 Å². The maximum absolute atomic E-state index is 12.2. The maximum atomic E-state index is 12.2. The van der Waals surface area contributed by atoms with Crippen LogP contribution in [0.2, 0.25) is 0 Å². The minimum absolute atomic E-state index is 0.279. The van der Waals surface area contributed by atoms with Crippen molar-refractivity contribution >= 4 is 29.0 Å². The Hall–Kier alpha value is -1.88. The fourth-order valence-electron chi connectivity index (χ4n) is 1.83. The van der Waals surface area contributed by atoms with Gasteiger partial charge in [0.15, 0.2) is 5.76 Å². The van der Waals surface area contributed by atoms with Crippen molar-refractivity contribution in [1.29, 1.82) is 0 Å². The number of nitrogens with two attached hydrogens (primary N) is 1. The number of benzene rings is 1. The second kappa shape index (κ2) is 7.22. The van der Waals surface area contributed by atoms with Crippen molar-refractivity contribution in [3.8, 4) is 0 Å². The fraction of sp³-hybridized carbons (Fsp3) is 0.312. The number of furan rings is 1. The van der Waals surface area contributed by atoms with Gasteiger partial charge in [-0.3, -0.25) is 4.79 Å². The van der Waals surface area contributed by atoms with Crippen molar-refractivity contribution in [3.05, 3.63) is 41.9 Å². The van der Waals surface area contributed by atoms with Crippen LogP contribution in [0.4, 0.5) is 11.4 Å². The first-order valence-corrected chi connectivity index (χ1v) is 8.05. The largest absolute Gasteiger partial charge is 0.456 e. The predicted octanol–water partition coefficient (Wildman–Crippen LogP) is 4.18. The molecule has 0 spiro atoms. The molecule has 0 saturated carbocycles. The summed E-state index contributed by atoms with van der Waals surface area (Å²) in [5.74, 6) is 1.85. The molecule has 0 aliphatic heterocycles. The highest BCUT2D eigenvalue weighted by molar-refractivity contribution is 7.99. The SMILES string of the molecule is CCCSc1ccc(N)c(NC(=O)c2ccc(CC)o2)c1. The van der Waals surface area contributed by atoms with Crippen LogP contribution in [0.15, 0.2) is 39.6 Å². The molecular weight excluding hydrogens is 284 g/mol. The molecule has 3 N–H and O–H groups in total. The van der Waals surface area contributed by atoms with Crippen molar-refractivity contribution in [3.63, 3.8) is 0 Å². The van der Waals surface area contributed by atoms with Crippen LogP contribution in [0.1, 0.15) is 36.6 Å². The molecule has 0 fully saturated rings. The monoisotopic (exact) mass is 304 g/mol. The normalized spacial score (nSPS) is 10.6. The van der Waals surface area contributed by atoms with Gasteiger partial charge in [0.1, 0.15) is 5.76 Å². The molecule has 2 aromatic rings. The van der Waals surface area contributed by atoms with Crippen molar-refractivity contribution in [2.45, 2.75) is 31.6 Å². The van der Waals surface area contributed by atoms with E-state index in [2.05, 4.69) is 12.2 Å². The molecule has 112 valence electrons. The van der Waals surface area contributed by atoms with Crippen LogP contribution in [0.5, 0.6) is 0 Å². The molecule has 0 bridgehead atoms. The molecule has 0 atom stereocenters. The van der Waals surface area contributed by atoms with Crippen LogP contribution in [0.3, 0.4) is 0 Å². The fourth-order valence-corrected chi connectivity index (χ4v) is 2.63. The molecule has 1 aromatic heterocycles. The number of nitrogen functional groups attached to an aromatic ring is 1. The van der Waals surface area contributed by atoms with Gasteiger partial charge in [-0.2, -0.15) is 0 Å². The summed E-state index contributed by atoms with van der Waals surface area (Å²) in [4.78, 5) is 13.2. The van der Waals surface area contributed by atoms with Crippen LogP contribution >= 0.6 is 11.8 Å². The molecule has 0 saturated heterocycles. The molecule has 2 rings (SSSR count). The summed E-state index contributed by atoms with van der Waals surface area (Å²) in [6.07, 6.45) is 1.86. The highest BCUT2D eigenvalue weighted by Crippen LogP contribution is 2.27. The lowest BCUT2D eigenvalue weighted by molar-refractivity contribution is 0.0995. The summed E-state index contributed by atoms with van der Waals surface area (Å²) < 4.78 is 5.44. The number of hydrogen-bond acceptors (Lipinski definition) is 4. The third kappa shape index (κ3) is 4.04. The first kappa shape index (κ1) is 15.5. The lowest BCUT2D eigenvalue weighted by Crippen LogP contribution is -2.12. The number of carbonyl (C=O) groups is 1. The summed E-state index contributed by atoms with van der Waals surface area (Å²) in [7, 11) is 0. The third-order valence-electron chi connectivity index (χ3n) is 2.98. The molecule has 5 heteroatoms. The van der Waals surface area contributed by atoms with Crippen LogP contribution < -0.4 is 11.1 Å². The standard InChI is InChI=1S/C16H20N2O2S/c1-3-9-21-12-6-7-13(17)14(10-12)18-16(19)15-8-5-11(4-2)20-15/h5-8,10H,3-4,9,17H2,1-2H3,(H,18,19). The van der Waals surface area contributed by atoms with Crippen molar-refractivity contribution in [2.24, 2.45) is 0 Å². The number of hydrogen-bond donors (Lipinski definition) is 2. The molecule has 0 unspecified atom stereocenters. The van der Waals surface area contributed by atoms with Crippen molar-refractivity contribution < 1.29 is 9.21 Å². The average molecular weight is 304 g/mol. The Morgan fingerprint density at radius 3 is 2.76 bits per heavy atom. The number of anilines is 2. The second-order valence-corrected chi connectivity index (χ2v) is 5.84. The topological polar surface area (TPSA) is 68.3 Å². The van der Waals surface area contributed by atoms with E-state index in [-0.39, 0.29) is 5.91 Å². The molecule has 1 heterocycles. The van der Waals surface area contributed by atoms with E-state index in [1.807, 2.05) is 31.2 Å². The smallest absolute Gasteiger partial charge is 0.291 e. The number of carbonyl (C=O) groups excluding carboxylic acids is 1. The lowest BCUT2D eigenvalue weighted by atomic mass is 10.2. The van der Waals surface area contributed by atoms with Crippen molar-refractivity contribution in [2.75, 3.05) is 16.8 Å². The Morgan fingerprint density at radius 1 is 1.29 bits per heavy atom. The van der Waals surface area contributed by atoms with Gasteiger partial charge >= 0.3 is 0 Å². The van der Waals surface area contributed by atoms with E-state index >= 15 is 0 Å². The van der Waals surface area contributed by atoms with Gasteiger partial charge in [0.05, 0.1) is 11.4 Å². The van der Waals surface area contributed by atoms with Gasteiger partial charge in [-0.05, 0) is 42.5 Å². The molecule has 4 nitrogen and oxygen atoms in total. The quantitative estimate of drug-likeness (QED) is 0.620. The zero-order chi connectivity index (χ0) is 15.2. The van der Waals surface area contributed by atoms with E-state index in [0.29, 0.717) is 17.1 Å². The van der Waals surface area contributed by atoms with E-state index in [1.54, 1.807) is 17.8 Å². The number of thioether (sulfide) groups is 1.